The van der Waals surface area contributed by atoms with Crippen LogP contribution >= 0.6 is 0 Å². The molecule has 0 saturated heterocycles. The summed E-state index contributed by atoms with van der Waals surface area (Å²) in [4.78, 5) is 30.2. The maximum atomic E-state index is 13.9. The lowest BCUT2D eigenvalue weighted by Gasteiger charge is -2.33. The Bertz CT molecular complexity index is 1400. The van der Waals surface area contributed by atoms with Gasteiger partial charge in [-0.1, -0.05) is 30.3 Å². The van der Waals surface area contributed by atoms with Gasteiger partial charge in [-0.25, -0.2) is 4.39 Å². The summed E-state index contributed by atoms with van der Waals surface area (Å²) < 4.78 is 18.9. The van der Waals surface area contributed by atoms with Gasteiger partial charge in [0.15, 0.2) is 0 Å². The van der Waals surface area contributed by atoms with Crippen LogP contribution in [0.4, 0.5) is 10.1 Å². The van der Waals surface area contributed by atoms with E-state index < -0.39 is 17.5 Å². The number of halogens is 1. The van der Waals surface area contributed by atoms with E-state index in [0.29, 0.717) is 29.2 Å². The number of ether oxygens (including phenoxy) is 1. The highest BCUT2D eigenvalue weighted by molar-refractivity contribution is 6.01. The number of hydrogen-bond donors (Lipinski definition) is 1. The molecule has 0 bridgehead atoms. The Morgan fingerprint density at radius 2 is 1.67 bits per heavy atom. The highest BCUT2D eigenvalue weighted by atomic mass is 19.1. The van der Waals surface area contributed by atoms with Crippen molar-refractivity contribution in [2.45, 2.75) is 45.8 Å². The first-order valence-corrected chi connectivity index (χ1v) is 12.6. The Balaban J connectivity index is 1.71. The van der Waals surface area contributed by atoms with Crippen LogP contribution in [-0.4, -0.2) is 44.2 Å². The molecule has 4 rings (SSSR count). The SMILES string of the molecule is CCOc1ccc(C(C(=O)NC(C)(C)C)N(C(=O)Cn2nnc(-c3ccc(F)cc3)n2)c2ccccc2)cc1. The summed E-state index contributed by atoms with van der Waals surface area (Å²) in [5.41, 5.74) is 1.16. The quantitative estimate of drug-likeness (QED) is 0.340. The number of hydrogen-bond acceptors (Lipinski definition) is 6. The third-order valence-electron chi connectivity index (χ3n) is 5.65. The van der Waals surface area contributed by atoms with Crippen LogP contribution in [0.1, 0.15) is 39.3 Å². The monoisotopic (exact) mass is 530 g/mol. The Kier molecular flexibility index (Phi) is 8.33. The van der Waals surface area contributed by atoms with Gasteiger partial charge in [0.25, 0.3) is 5.91 Å². The van der Waals surface area contributed by atoms with Gasteiger partial charge in [0.1, 0.15) is 24.2 Å². The number of amides is 2. The summed E-state index contributed by atoms with van der Waals surface area (Å²) in [6.45, 7) is 7.76. The van der Waals surface area contributed by atoms with E-state index >= 15 is 0 Å². The van der Waals surface area contributed by atoms with Crippen molar-refractivity contribution in [1.29, 1.82) is 0 Å². The maximum absolute atomic E-state index is 13.9. The predicted molar refractivity (Wildman–Crippen MR) is 145 cm³/mol. The van der Waals surface area contributed by atoms with E-state index in [-0.39, 0.29) is 24.1 Å². The second-order valence-corrected chi connectivity index (χ2v) is 9.89. The Hall–Kier alpha value is -4.60. The molecule has 4 aromatic rings. The van der Waals surface area contributed by atoms with Crippen LogP contribution in [0.15, 0.2) is 78.9 Å². The van der Waals surface area contributed by atoms with Crippen molar-refractivity contribution >= 4 is 17.5 Å². The third kappa shape index (κ3) is 7.04. The average molecular weight is 531 g/mol. The lowest BCUT2D eigenvalue weighted by atomic mass is 10.0. The second kappa shape index (κ2) is 11.8. The van der Waals surface area contributed by atoms with Crippen molar-refractivity contribution in [3.05, 3.63) is 90.2 Å². The molecule has 39 heavy (non-hydrogen) atoms. The molecule has 1 aromatic heterocycles. The molecule has 0 aliphatic carbocycles. The summed E-state index contributed by atoms with van der Waals surface area (Å²) in [6.07, 6.45) is 0. The Morgan fingerprint density at radius 1 is 1.00 bits per heavy atom. The molecule has 10 heteroatoms. The topological polar surface area (TPSA) is 102 Å². The largest absolute Gasteiger partial charge is 0.494 e. The normalized spacial score (nSPS) is 12.0. The first-order valence-electron chi connectivity index (χ1n) is 12.6. The van der Waals surface area contributed by atoms with Gasteiger partial charge in [0.05, 0.1) is 6.61 Å². The number of nitrogens with zero attached hydrogens (tertiary/aromatic N) is 5. The van der Waals surface area contributed by atoms with Gasteiger partial charge < -0.3 is 10.1 Å². The van der Waals surface area contributed by atoms with Crippen LogP contribution in [0.3, 0.4) is 0 Å². The number of tetrazole rings is 1. The summed E-state index contributed by atoms with van der Waals surface area (Å²) in [6, 6.07) is 20.8. The van der Waals surface area contributed by atoms with Crippen LogP contribution in [0.5, 0.6) is 5.75 Å². The van der Waals surface area contributed by atoms with Crippen molar-refractivity contribution in [2.24, 2.45) is 0 Å². The standard InChI is InChI=1S/C29H31FN6O3/c1-5-39-24-17-13-20(14-18-24)26(28(38)31-29(2,3)4)36(23-9-7-6-8-10-23)25(37)19-35-33-27(32-34-35)21-11-15-22(30)16-12-21/h6-18,26H,5,19H2,1-4H3,(H,31,38). The van der Waals surface area contributed by atoms with Crippen LogP contribution < -0.4 is 15.0 Å². The third-order valence-corrected chi connectivity index (χ3v) is 5.65. The molecule has 0 spiro atoms. The summed E-state index contributed by atoms with van der Waals surface area (Å²) in [5.74, 6) is -0.236. The molecule has 0 aliphatic heterocycles. The van der Waals surface area contributed by atoms with Crippen molar-refractivity contribution in [1.82, 2.24) is 25.5 Å². The first kappa shape index (κ1) is 27.4. The zero-order valence-electron chi connectivity index (χ0n) is 22.3. The van der Waals surface area contributed by atoms with Crippen molar-refractivity contribution in [3.63, 3.8) is 0 Å². The first-order chi connectivity index (χ1) is 18.6. The number of carbonyl (C=O) groups is 2. The molecule has 1 heterocycles. The fourth-order valence-electron chi connectivity index (χ4n) is 4.02. The summed E-state index contributed by atoms with van der Waals surface area (Å²) in [5, 5.41) is 15.3. The van der Waals surface area contributed by atoms with Crippen LogP contribution in [-0.2, 0) is 16.1 Å². The Morgan fingerprint density at radius 3 is 2.28 bits per heavy atom. The molecule has 0 saturated carbocycles. The number of carbonyl (C=O) groups excluding carboxylic acids is 2. The molecule has 1 N–H and O–H groups in total. The molecule has 2 amide bonds. The zero-order chi connectivity index (χ0) is 28.0. The van der Waals surface area contributed by atoms with Crippen molar-refractivity contribution in [2.75, 3.05) is 11.5 Å². The lowest BCUT2D eigenvalue weighted by Crippen LogP contribution is -2.50. The predicted octanol–water partition coefficient (Wildman–Crippen LogP) is 4.57. The molecule has 3 aromatic carbocycles. The van der Waals surface area contributed by atoms with Crippen LogP contribution in [0.25, 0.3) is 11.4 Å². The minimum Gasteiger partial charge on any atom is -0.494 e. The van der Waals surface area contributed by atoms with Crippen molar-refractivity contribution < 1.29 is 18.7 Å². The van der Waals surface area contributed by atoms with E-state index in [9.17, 15) is 14.0 Å². The van der Waals surface area contributed by atoms with Gasteiger partial charge in [-0.15, -0.1) is 10.2 Å². The van der Waals surface area contributed by atoms with Crippen LogP contribution in [0.2, 0.25) is 0 Å². The fraction of sp³-hybridized carbons (Fsp3) is 0.276. The molecule has 1 unspecified atom stereocenters. The minimum absolute atomic E-state index is 0.252. The highest BCUT2D eigenvalue weighted by Gasteiger charge is 2.34. The number of nitrogens with one attached hydrogen (secondary N) is 1. The van der Waals surface area contributed by atoms with E-state index in [2.05, 4.69) is 20.7 Å². The van der Waals surface area contributed by atoms with Crippen molar-refractivity contribution in [3.8, 4) is 17.1 Å². The molecular weight excluding hydrogens is 499 g/mol. The number of para-hydroxylation sites is 1. The van der Waals surface area contributed by atoms with Gasteiger partial charge in [0.2, 0.25) is 11.7 Å². The highest BCUT2D eigenvalue weighted by Crippen LogP contribution is 2.30. The van der Waals surface area contributed by atoms with E-state index in [1.54, 1.807) is 48.5 Å². The molecule has 1 atom stereocenters. The van der Waals surface area contributed by atoms with Gasteiger partial charge in [0, 0.05) is 16.8 Å². The summed E-state index contributed by atoms with van der Waals surface area (Å²) >= 11 is 0. The molecular formula is C29H31FN6O3. The average Bonchev–Trinajstić information content (AvgIpc) is 3.36. The fourth-order valence-corrected chi connectivity index (χ4v) is 4.02. The lowest BCUT2D eigenvalue weighted by molar-refractivity contribution is -0.128. The Labute approximate surface area is 226 Å². The van der Waals surface area contributed by atoms with Gasteiger partial charge in [-0.3, -0.25) is 14.5 Å². The number of benzene rings is 3. The van der Waals surface area contributed by atoms with Gasteiger partial charge >= 0.3 is 0 Å². The van der Waals surface area contributed by atoms with E-state index in [4.69, 9.17) is 4.74 Å². The van der Waals surface area contributed by atoms with E-state index in [1.807, 2.05) is 33.8 Å². The number of anilines is 1. The maximum Gasteiger partial charge on any atom is 0.251 e. The molecule has 0 radical (unpaired) electrons. The van der Waals surface area contributed by atoms with Crippen LogP contribution in [0, 0.1) is 5.82 Å². The number of aromatic nitrogens is 4. The molecule has 0 aliphatic rings. The van der Waals surface area contributed by atoms with E-state index in [1.165, 1.54) is 29.2 Å². The van der Waals surface area contributed by atoms with Gasteiger partial charge in [-0.2, -0.15) is 4.80 Å². The molecule has 0 fully saturated rings. The summed E-state index contributed by atoms with van der Waals surface area (Å²) in [7, 11) is 0. The number of rotatable bonds is 9. The smallest absolute Gasteiger partial charge is 0.251 e. The minimum atomic E-state index is -0.991. The van der Waals surface area contributed by atoms with Gasteiger partial charge in [-0.05, 0) is 87.0 Å². The second-order valence-electron chi connectivity index (χ2n) is 9.89. The van der Waals surface area contributed by atoms with E-state index in [0.717, 1.165) is 4.80 Å². The zero-order valence-corrected chi connectivity index (χ0v) is 22.3. The molecule has 202 valence electrons. The molecule has 9 nitrogen and oxygen atoms in total.